The second-order valence-electron chi connectivity index (χ2n) is 5.35. The number of alkyl halides is 2. The first-order valence-corrected chi connectivity index (χ1v) is 7.70. The van der Waals surface area contributed by atoms with Crippen LogP contribution in [0.15, 0.2) is 48.5 Å². The summed E-state index contributed by atoms with van der Waals surface area (Å²) in [5.74, 6) is 0.324. The van der Waals surface area contributed by atoms with Gasteiger partial charge in [-0.25, -0.2) is 0 Å². The van der Waals surface area contributed by atoms with Crippen LogP contribution in [-0.4, -0.2) is 31.7 Å². The van der Waals surface area contributed by atoms with E-state index in [2.05, 4.69) is 9.64 Å². The van der Waals surface area contributed by atoms with Gasteiger partial charge >= 0.3 is 6.61 Å². The number of nitrogens with zero attached hydrogens (tertiary/aromatic N) is 1. The lowest BCUT2D eigenvalue weighted by molar-refractivity contribution is -0.0512. The van der Waals surface area contributed by atoms with Gasteiger partial charge in [0.1, 0.15) is 0 Å². The molecule has 0 aliphatic carbocycles. The monoisotopic (exact) mass is 336 g/mol. The van der Waals surface area contributed by atoms with Crippen LogP contribution in [0.5, 0.6) is 11.5 Å². The third kappa shape index (κ3) is 5.47. The summed E-state index contributed by atoms with van der Waals surface area (Å²) >= 11 is 0. The number of benzene rings is 2. The van der Waals surface area contributed by atoms with Gasteiger partial charge in [0.2, 0.25) is 0 Å². The highest BCUT2D eigenvalue weighted by atomic mass is 19.3. The summed E-state index contributed by atoms with van der Waals surface area (Å²) in [5, 5.41) is 0. The molecule has 130 valence electrons. The van der Waals surface area contributed by atoms with Crippen molar-refractivity contribution in [2.75, 3.05) is 20.2 Å². The summed E-state index contributed by atoms with van der Waals surface area (Å²) in [7, 11) is 1.42. The zero-order valence-electron chi connectivity index (χ0n) is 13.6. The first-order chi connectivity index (χ1) is 11.6. The molecule has 0 aliphatic rings. The first kappa shape index (κ1) is 18.2. The van der Waals surface area contributed by atoms with E-state index in [4.69, 9.17) is 10.5 Å². The molecule has 6 heteroatoms. The Balaban J connectivity index is 2.13. The summed E-state index contributed by atoms with van der Waals surface area (Å²) in [4.78, 5) is 2.16. The topological polar surface area (TPSA) is 47.7 Å². The zero-order chi connectivity index (χ0) is 17.4. The molecule has 0 aromatic heterocycles. The third-order valence-electron chi connectivity index (χ3n) is 3.54. The molecule has 0 aliphatic heterocycles. The Morgan fingerprint density at radius 3 is 2.33 bits per heavy atom. The minimum absolute atomic E-state index is 0.0393. The number of methoxy groups -OCH3 is 1. The Labute approximate surface area is 140 Å². The fraction of sp³-hybridized carbons (Fsp3) is 0.333. The molecule has 0 bridgehead atoms. The van der Waals surface area contributed by atoms with Crippen LogP contribution in [-0.2, 0) is 13.1 Å². The van der Waals surface area contributed by atoms with Crippen LogP contribution in [0, 0.1) is 0 Å². The lowest BCUT2D eigenvalue weighted by Gasteiger charge is -2.22. The molecule has 4 nitrogen and oxygen atoms in total. The van der Waals surface area contributed by atoms with Crippen molar-refractivity contribution in [2.24, 2.45) is 5.73 Å². The quantitative estimate of drug-likeness (QED) is 0.764. The van der Waals surface area contributed by atoms with Crippen molar-refractivity contribution in [3.63, 3.8) is 0 Å². The van der Waals surface area contributed by atoms with E-state index >= 15 is 0 Å². The Bertz CT molecular complexity index is 624. The summed E-state index contributed by atoms with van der Waals surface area (Å²) < 4.78 is 34.7. The molecular formula is C18H22F2N2O2. The third-order valence-corrected chi connectivity index (χ3v) is 3.54. The Morgan fingerprint density at radius 1 is 1.00 bits per heavy atom. The molecule has 0 radical (unpaired) electrons. The van der Waals surface area contributed by atoms with Crippen LogP contribution >= 0.6 is 0 Å². The second kappa shape index (κ2) is 9.20. The normalized spacial score (nSPS) is 11.1. The number of nitrogens with two attached hydrogens (primary N) is 1. The van der Waals surface area contributed by atoms with E-state index in [0.29, 0.717) is 19.6 Å². The summed E-state index contributed by atoms with van der Waals surface area (Å²) in [6, 6.07) is 15.1. The average Bonchev–Trinajstić information content (AvgIpc) is 2.56. The Kier molecular flexibility index (Phi) is 6.96. The fourth-order valence-electron chi connectivity index (χ4n) is 2.50. The number of ether oxygens (including phenoxy) is 2. The fourth-order valence-corrected chi connectivity index (χ4v) is 2.50. The average molecular weight is 336 g/mol. The summed E-state index contributed by atoms with van der Waals surface area (Å²) in [5.41, 5.74) is 7.72. The number of halogens is 2. The lowest BCUT2D eigenvalue weighted by atomic mass is 10.1. The maximum atomic E-state index is 12.5. The molecular weight excluding hydrogens is 314 g/mol. The predicted molar refractivity (Wildman–Crippen MR) is 89.2 cm³/mol. The molecule has 24 heavy (non-hydrogen) atoms. The van der Waals surface area contributed by atoms with Crippen LogP contribution in [0.1, 0.15) is 11.1 Å². The minimum atomic E-state index is -2.89. The van der Waals surface area contributed by atoms with Gasteiger partial charge in [0.15, 0.2) is 11.5 Å². The molecule has 0 spiro atoms. The van der Waals surface area contributed by atoms with Crippen molar-refractivity contribution in [1.82, 2.24) is 4.90 Å². The van der Waals surface area contributed by atoms with E-state index in [-0.39, 0.29) is 11.5 Å². The largest absolute Gasteiger partial charge is 0.493 e. The minimum Gasteiger partial charge on any atom is -0.493 e. The molecule has 0 heterocycles. The van der Waals surface area contributed by atoms with Gasteiger partial charge in [0, 0.05) is 26.2 Å². The Hall–Kier alpha value is -2.18. The van der Waals surface area contributed by atoms with Gasteiger partial charge in [-0.1, -0.05) is 36.4 Å². The Morgan fingerprint density at radius 2 is 1.71 bits per heavy atom. The molecule has 2 N–H and O–H groups in total. The lowest BCUT2D eigenvalue weighted by Crippen LogP contribution is -2.28. The van der Waals surface area contributed by atoms with E-state index in [1.165, 1.54) is 12.7 Å². The molecule has 0 amide bonds. The summed E-state index contributed by atoms with van der Waals surface area (Å²) in [6.45, 7) is -0.362. The van der Waals surface area contributed by atoms with Crippen LogP contribution < -0.4 is 15.2 Å². The molecule has 0 unspecified atom stereocenters. The van der Waals surface area contributed by atoms with E-state index in [1.54, 1.807) is 12.1 Å². The van der Waals surface area contributed by atoms with Crippen LogP contribution in [0.2, 0.25) is 0 Å². The van der Waals surface area contributed by atoms with Gasteiger partial charge in [-0.05, 0) is 23.3 Å². The summed E-state index contributed by atoms with van der Waals surface area (Å²) in [6.07, 6.45) is 0. The molecule has 0 saturated carbocycles. The highest BCUT2D eigenvalue weighted by Gasteiger charge is 2.13. The van der Waals surface area contributed by atoms with Gasteiger partial charge < -0.3 is 15.2 Å². The number of rotatable bonds is 9. The predicted octanol–water partition coefficient (Wildman–Crippen LogP) is 3.26. The molecule has 0 atom stereocenters. The molecule has 0 saturated heterocycles. The number of hydrogen-bond acceptors (Lipinski definition) is 4. The zero-order valence-corrected chi connectivity index (χ0v) is 13.6. The second-order valence-corrected chi connectivity index (χ2v) is 5.35. The van der Waals surface area contributed by atoms with E-state index in [1.807, 2.05) is 36.4 Å². The van der Waals surface area contributed by atoms with Crippen molar-refractivity contribution in [3.8, 4) is 11.5 Å². The van der Waals surface area contributed by atoms with Crippen LogP contribution in [0.4, 0.5) is 8.78 Å². The molecule has 2 aromatic rings. The van der Waals surface area contributed by atoms with Gasteiger partial charge in [-0.3, -0.25) is 4.90 Å². The van der Waals surface area contributed by atoms with E-state index < -0.39 is 6.61 Å². The van der Waals surface area contributed by atoms with Crippen LogP contribution in [0.3, 0.4) is 0 Å². The van der Waals surface area contributed by atoms with E-state index in [0.717, 1.165) is 12.1 Å². The van der Waals surface area contributed by atoms with Gasteiger partial charge in [0.25, 0.3) is 0 Å². The van der Waals surface area contributed by atoms with Gasteiger partial charge in [-0.15, -0.1) is 0 Å². The van der Waals surface area contributed by atoms with Gasteiger partial charge in [-0.2, -0.15) is 8.78 Å². The standard InChI is InChI=1S/C18H22F2N2O2/c1-23-16-8-7-15(11-17(16)24-18(19)20)13-22(10-9-21)12-14-5-3-2-4-6-14/h2-8,11,18H,9-10,12-13,21H2,1H3. The molecule has 0 fully saturated rings. The SMILES string of the molecule is COc1ccc(CN(CCN)Cc2ccccc2)cc1OC(F)F. The first-order valence-electron chi connectivity index (χ1n) is 7.70. The highest BCUT2D eigenvalue weighted by Crippen LogP contribution is 2.30. The van der Waals surface area contributed by atoms with Crippen LogP contribution in [0.25, 0.3) is 0 Å². The molecule has 2 aromatic carbocycles. The maximum absolute atomic E-state index is 12.5. The van der Waals surface area contributed by atoms with Crippen molar-refractivity contribution >= 4 is 0 Å². The van der Waals surface area contributed by atoms with Gasteiger partial charge in [0.05, 0.1) is 7.11 Å². The van der Waals surface area contributed by atoms with E-state index in [9.17, 15) is 8.78 Å². The van der Waals surface area contributed by atoms with Crippen molar-refractivity contribution in [2.45, 2.75) is 19.7 Å². The van der Waals surface area contributed by atoms with Crippen molar-refractivity contribution < 1.29 is 18.3 Å². The highest BCUT2D eigenvalue weighted by molar-refractivity contribution is 5.43. The van der Waals surface area contributed by atoms with Crippen molar-refractivity contribution in [1.29, 1.82) is 0 Å². The smallest absolute Gasteiger partial charge is 0.387 e. The molecule has 2 rings (SSSR count). The number of hydrogen-bond donors (Lipinski definition) is 1. The van der Waals surface area contributed by atoms with Crippen molar-refractivity contribution in [3.05, 3.63) is 59.7 Å². The maximum Gasteiger partial charge on any atom is 0.387 e.